The van der Waals surface area contributed by atoms with E-state index in [4.69, 9.17) is 0 Å². The number of amides is 2. The molecule has 1 fully saturated rings. The van der Waals surface area contributed by atoms with Crippen LogP contribution in [-0.2, 0) is 20.8 Å². The van der Waals surface area contributed by atoms with Crippen molar-refractivity contribution < 1.29 is 19.5 Å². The molecule has 29 heavy (non-hydrogen) atoms. The number of carboxylic acid groups (broad SMARTS) is 1. The van der Waals surface area contributed by atoms with E-state index in [9.17, 15) is 19.5 Å². The number of carbonyl (C=O) groups is 3. The van der Waals surface area contributed by atoms with Gasteiger partial charge in [0.25, 0.3) is 5.91 Å². The number of anilines is 1. The fraction of sp³-hybridized carbons (Fsp3) is 0.312. The summed E-state index contributed by atoms with van der Waals surface area (Å²) in [6.45, 7) is 0. The van der Waals surface area contributed by atoms with Crippen molar-refractivity contribution in [1.82, 2.24) is 20.4 Å². The lowest BCUT2D eigenvalue weighted by Gasteiger charge is -2.49. The third-order valence-electron chi connectivity index (χ3n) is 4.23. The van der Waals surface area contributed by atoms with Crippen molar-refractivity contribution in [3.8, 4) is 0 Å². The predicted octanol–water partition coefficient (Wildman–Crippen LogP) is 1.67. The maximum atomic E-state index is 12.7. The molecule has 152 valence electrons. The molecule has 4 heterocycles. The van der Waals surface area contributed by atoms with Gasteiger partial charge in [0.05, 0.1) is 6.42 Å². The zero-order valence-corrected chi connectivity index (χ0v) is 18.2. The maximum absolute atomic E-state index is 12.7. The van der Waals surface area contributed by atoms with Crippen LogP contribution in [0.2, 0.25) is 0 Å². The Bertz CT molecular complexity index is 989. The molecule has 2 aromatic rings. The lowest BCUT2D eigenvalue weighted by Crippen LogP contribution is -2.70. The third kappa shape index (κ3) is 3.99. The van der Waals surface area contributed by atoms with Crippen molar-refractivity contribution in [2.45, 2.75) is 22.2 Å². The highest BCUT2D eigenvalue weighted by Crippen LogP contribution is 2.45. The lowest BCUT2D eigenvalue weighted by molar-refractivity contribution is -0.150. The number of thioether (sulfide) groups is 2. The van der Waals surface area contributed by atoms with E-state index in [2.05, 4.69) is 20.8 Å². The summed E-state index contributed by atoms with van der Waals surface area (Å²) in [4.78, 5) is 38.6. The van der Waals surface area contributed by atoms with Crippen LogP contribution in [0.3, 0.4) is 0 Å². The zero-order chi connectivity index (χ0) is 20.5. The van der Waals surface area contributed by atoms with Crippen molar-refractivity contribution in [1.29, 1.82) is 0 Å². The summed E-state index contributed by atoms with van der Waals surface area (Å²) < 4.78 is 0.593. The van der Waals surface area contributed by atoms with Crippen LogP contribution in [0.1, 0.15) is 5.56 Å². The molecule has 4 rings (SSSR count). The fourth-order valence-electron chi connectivity index (χ4n) is 2.93. The number of aromatic nitrogens is 2. The number of fused-ring (bicyclic) bond motifs is 1. The topological polar surface area (TPSA) is 125 Å². The van der Waals surface area contributed by atoms with Gasteiger partial charge in [-0.15, -0.1) is 22.0 Å². The standard InChI is InChI=1S/C16H15N5O4S4/c1-17-15-19-20-16(29-15)28-8-6-27-13-10(12(23)21(13)11(8)14(24)25)18-9(22)4-7-2-3-26-5-7/h2-3,5,10,13H,4,6H2,1H3,(H,17,19)(H,18,22)(H,24,25)/t10-,13+/m1/s1. The van der Waals surface area contributed by atoms with E-state index >= 15 is 0 Å². The van der Waals surface area contributed by atoms with Crippen LogP contribution in [-0.4, -0.2) is 62.2 Å². The molecule has 2 aliphatic heterocycles. The van der Waals surface area contributed by atoms with Crippen LogP contribution in [0.15, 0.2) is 31.8 Å². The smallest absolute Gasteiger partial charge is 0.353 e. The first-order valence-corrected chi connectivity index (χ1v) is 12.0. The number of thiophene rings is 1. The van der Waals surface area contributed by atoms with Gasteiger partial charge in [0.1, 0.15) is 17.1 Å². The molecule has 0 radical (unpaired) electrons. The van der Waals surface area contributed by atoms with E-state index in [0.717, 1.165) is 5.56 Å². The molecule has 13 heteroatoms. The van der Waals surface area contributed by atoms with Gasteiger partial charge in [-0.05, 0) is 22.4 Å². The monoisotopic (exact) mass is 469 g/mol. The van der Waals surface area contributed by atoms with Gasteiger partial charge in [-0.25, -0.2) is 4.79 Å². The Hall–Kier alpha value is -2.09. The van der Waals surface area contributed by atoms with Gasteiger partial charge in [0, 0.05) is 17.7 Å². The molecule has 2 amide bonds. The van der Waals surface area contributed by atoms with Crippen LogP contribution >= 0.6 is 46.2 Å². The van der Waals surface area contributed by atoms with Crippen molar-refractivity contribution in [3.63, 3.8) is 0 Å². The summed E-state index contributed by atoms with van der Waals surface area (Å²) in [6.07, 6.45) is 0.193. The third-order valence-corrected chi connectivity index (χ3v) is 8.50. The van der Waals surface area contributed by atoms with Crippen molar-refractivity contribution >= 4 is 69.1 Å². The predicted molar refractivity (Wildman–Crippen MR) is 113 cm³/mol. The van der Waals surface area contributed by atoms with E-state index < -0.39 is 23.3 Å². The highest BCUT2D eigenvalue weighted by molar-refractivity contribution is 8.07. The van der Waals surface area contributed by atoms with Crippen LogP contribution < -0.4 is 10.6 Å². The molecule has 0 bridgehead atoms. The zero-order valence-electron chi connectivity index (χ0n) is 14.9. The SMILES string of the molecule is CNc1nnc(SC2=C(C(=O)O)N3C(=O)[C@@H](NC(=O)Cc4ccsc4)[C@@H]3SC2)s1. The minimum Gasteiger partial charge on any atom is -0.477 e. The Morgan fingerprint density at radius 2 is 2.24 bits per heavy atom. The van der Waals surface area contributed by atoms with Gasteiger partial charge in [-0.2, -0.15) is 11.3 Å². The second-order valence-corrected chi connectivity index (χ2v) is 10.3. The van der Waals surface area contributed by atoms with Gasteiger partial charge in [-0.1, -0.05) is 23.1 Å². The molecule has 2 atom stereocenters. The molecule has 0 unspecified atom stereocenters. The molecule has 3 N–H and O–H groups in total. The molecule has 2 aromatic heterocycles. The first kappa shape index (κ1) is 20.2. The van der Waals surface area contributed by atoms with Gasteiger partial charge >= 0.3 is 5.97 Å². The molecule has 1 saturated heterocycles. The summed E-state index contributed by atoms with van der Waals surface area (Å²) in [6, 6.07) is 1.14. The van der Waals surface area contributed by atoms with Crippen molar-refractivity contribution in [3.05, 3.63) is 33.0 Å². The number of hydrogen-bond donors (Lipinski definition) is 3. The fourth-order valence-corrected chi connectivity index (χ4v) is 6.94. The van der Waals surface area contributed by atoms with Crippen molar-refractivity contribution in [2.24, 2.45) is 0 Å². The van der Waals surface area contributed by atoms with Gasteiger partial charge in [0.15, 0.2) is 4.34 Å². The molecule has 0 saturated carbocycles. The highest BCUT2D eigenvalue weighted by Gasteiger charge is 2.54. The van der Waals surface area contributed by atoms with E-state index in [-0.39, 0.29) is 18.0 Å². The average molecular weight is 470 g/mol. The number of carboxylic acids is 1. The van der Waals surface area contributed by atoms with E-state index in [0.29, 0.717) is 20.1 Å². The number of rotatable bonds is 7. The summed E-state index contributed by atoms with van der Waals surface area (Å²) in [5.41, 5.74) is 0.837. The van der Waals surface area contributed by atoms with E-state index in [1.807, 2.05) is 16.8 Å². The molecule has 0 aliphatic carbocycles. The van der Waals surface area contributed by atoms with Crippen molar-refractivity contribution in [2.75, 3.05) is 18.1 Å². The lowest BCUT2D eigenvalue weighted by atomic mass is 10.0. The minimum absolute atomic E-state index is 0.0479. The second kappa shape index (κ2) is 8.34. The Morgan fingerprint density at radius 3 is 2.90 bits per heavy atom. The Kier molecular flexibility index (Phi) is 5.81. The second-order valence-electron chi connectivity index (χ2n) is 6.07. The van der Waals surface area contributed by atoms with Gasteiger partial charge in [0.2, 0.25) is 11.0 Å². The number of aliphatic carboxylic acids is 1. The van der Waals surface area contributed by atoms with E-state index in [1.54, 1.807) is 7.05 Å². The highest BCUT2D eigenvalue weighted by atomic mass is 32.2. The molecule has 0 spiro atoms. The normalized spacial score (nSPS) is 20.9. The number of β-lactam (4-membered cyclic amide) rings is 1. The summed E-state index contributed by atoms with van der Waals surface area (Å²) >= 11 is 5.43. The average Bonchev–Trinajstić information content (AvgIpc) is 3.37. The number of nitrogens with one attached hydrogen (secondary N) is 2. The molecule has 9 nitrogen and oxygen atoms in total. The first-order valence-electron chi connectivity index (χ1n) is 8.38. The maximum Gasteiger partial charge on any atom is 0.353 e. The van der Waals surface area contributed by atoms with Gasteiger partial charge in [-0.3, -0.25) is 14.5 Å². The van der Waals surface area contributed by atoms with Crippen LogP contribution in [0.5, 0.6) is 0 Å². The Balaban J connectivity index is 1.48. The number of hydrogen-bond acceptors (Lipinski definition) is 10. The molecule has 0 aromatic carbocycles. The quantitative estimate of drug-likeness (QED) is 0.519. The summed E-state index contributed by atoms with van der Waals surface area (Å²) in [5.74, 6) is -1.43. The number of carbonyl (C=O) groups excluding carboxylic acids is 2. The first-order chi connectivity index (χ1) is 14.0. The summed E-state index contributed by atoms with van der Waals surface area (Å²) in [7, 11) is 1.73. The Morgan fingerprint density at radius 1 is 1.41 bits per heavy atom. The van der Waals surface area contributed by atoms with Gasteiger partial charge < -0.3 is 15.7 Å². The van der Waals surface area contributed by atoms with Crippen LogP contribution in [0.25, 0.3) is 0 Å². The summed E-state index contributed by atoms with van der Waals surface area (Å²) in [5, 5.41) is 27.3. The molecular formula is C16H15N5O4S4. The van der Waals surface area contributed by atoms with E-state index in [1.165, 1.54) is 51.1 Å². The Labute approximate surface area is 182 Å². The minimum atomic E-state index is -1.17. The molecular weight excluding hydrogens is 454 g/mol. The number of nitrogens with zero attached hydrogens (tertiary/aromatic N) is 3. The van der Waals surface area contributed by atoms with Crippen LogP contribution in [0, 0.1) is 0 Å². The largest absolute Gasteiger partial charge is 0.477 e. The van der Waals surface area contributed by atoms with Crippen LogP contribution in [0.4, 0.5) is 5.13 Å². The molecule has 2 aliphatic rings.